The first kappa shape index (κ1) is 20.7. The number of carbonyl (C=O) groups is 3. The van der Waals surface area contributed by atoms with Crippen molar-refractivity contribution in [2.24, 2.45) is 0 Å². The van der Waals surface area contributed by atoms with Crippen molar-refractivity contribution in [3.05, 3.63) is 34.3 Å². The Morgan fingerprint density at radius 3 is 2.50 bits per heavy atom. The number of methoxy groups -OCH3 is 1. The maximum absolute atomic E-state index is 12.2. The van der Waals surface area contributed by atoms with E-state index in [1.807, 2.05) is 0 Å². The molecule has 0 spiro atoms. The highest BCUT2D eigenvalue weighted by Crippen LogP contribution is 2.18. The minimum Gasteiger partial charge on any atom is -0.467 e. The molecule has 9 heteroatoms. The molecule has 1 aliphatic heterocycles. The predicted octanol–water partition coefficient (Wildman–Crippen LogP) is 1.37. The molecular formula is C17H21BrN2O5S. The molecule has 1 unspecified atom stereocenters. The van der Waals surface area contributed by atoms with Crippen LogP contribution >= 0.6 is 27.7 Å². The van der Waals surface area contributed by atoms with Crippen LogP contribution in [0.5, 0.6) is 0 Å². The SMILES string of the molecule is COC(=O)C(NC(=O)CSCC(=O)N1CCOCC1)c1ccc(Br)cc1. The summed E-state index contributed by atoms with van der Waals surface area (Å²) in [5.74, 6) is -0.587. The van der Waals surface area contributed by atoms with Crippen LogP contribution in [0.1, 0.15) is 11.6 Å². The molecule has 142 valence electrons. The van der Waals surface area contributed by atoms with E-state index in [-0.39, 0.29) is 23.3 Å². The summed E-state index contributed by atoms with van der Waals surface area (Å²) < 4.78 is 10.9. The lowest BCUT2D eigenvalue weighted by atomic mass is 10.1. The van der Waals surface area contributed by atoms with E-state index in [9.17, 15) is 14.4 Å². The minimum absolute atomic E-state index is 0.0106. The van der Waals surface area contributed by atoms with E-state index in [4.69, 9.17) is 9.47 Å². The van der Waals surface area contributed by atoms with Gasteiger partial charge in [0.2, 0.25) is 11.8 Å². The van der Waals surface area contributed by atoms with Gasteiger partial charge in [0.15, 0.2) is 6.04 Å². The number of thioether (sulfide) groups is 1. The second-order valence-electron chi connectivity index (χ2n) is 5.56. The Morgan fingerprint density at radius 1 is 1.23 bits per heavy atom. The molecule has 1 heterocycles. The smallest absolute Gasteiger partial charge is 0.333 e. The number of hydrogen-bond acceptors (Lipinski definition) is 6. The Kier molecular flexibility index (Phi) is 8.40. The predicted molar refractivity (Wildman–Crippen MR) is 102 cm³/mol. The van der Waals surface area contributed by atoms with Gasteiger partial charge in [-0.25, -0.2) is 4.79 Å². The van der Waals surface area contributed by atoms with Crippen molar-refractivity contribution < 1.29 is 23.9 Å². The largest absolute Gasteiger partial charge is 0.467 e. The molecule has 2 rings (SSSR count). The number of carbonyl (C=O) groups excluding carboxylic acids is 3. The molecule has 0 aromatic heterocycles. The van der Waals surface area contributed by atoms with E-state index in [1.165, 1.54) is 18.9 Å². The third kappa shape index (κ3) is 6.30. The lowest BCUT2D eigenvalue weighted by Crippen LogP contribution is -2.42. The fourth-order valence-corrected chi connectivity index (χ4v) is 3.38. The Hall–Kier alpha value is -1.58. The number of morpholine rings is 1. The Labute approximate surface area is 164 Å². The molecule has 0 radical (unpaired) electrons. The Balaban J connectivity index is 1.84. The monoisotopic (exact) mass is 444 g/mol. The van der Waals surface area contributed by atoms with Crippen molar-refractivity contribution in [1.82, 2.24) is 10.2 Å². The van der Waals surface area contributed by atoms with Crippen molar-refractivity contribution in [3.8, 4) is 0 Å². The molecule has 1 aliphatic rings. The molecule has 7 nitrogen and oxygen atoms in total. The number of ether oxygens (including phenoxy) is 2. The van der Waals surface area contributed by atoms with Crippen LogP contribution in [0.15, 0.2) is 28.7 Å². The van der Waals surface area contributed by atoms with Crippen LogP contribution in [0.3, 0.4) is 0 Å². The summed E-state index contributed by atoms with van der Waals surface area (Å²) in [4.78, 5) is 37.9. The van der Waals surface area contributed by atoms with Gasteiger partial charge in [0.05, 0.1) is 31.8 Å². The first-order valence-electron chi connectivity index (χ1n) is 8.07. The highest BCUT2D eigenvalue weighted by molar-refractivity contribution is 9.10. The Morgan fingerprint density at radius 2 is 1.88 bits per heavy atom. The fraction of sp³-hybridized carbons (Fsp3) is 0.471. The van der Waals surface area contributed by atoms with Gasteiger partial charge in [-0.15, -0.1) is 11.8 Å². The van der Waals surface area contributed by atoms with E-state index in [2.05, 4.69) is 21.2 Å². The van der Waals surface area contributed by atoms with Crippen LogP contribution in [0, 0.1) is 0 Å². The zero-order valence-corrected chi connectivity index (χ0v) is 16.8. The zero-order chi connectivity index (χ0) is 18.9. The summed E-state index contributed by atoms with van der Waals surface area (Å²) in [5, 5.41) is 2.66. The highest BCUT2D eigenvalue weighted by atomic mass is 79.9. The van der Waals surface area contributed by atoms with Gasteiger partial charge in [-0.1, -0.05) is 28.1 Å². The molecule has 1 atom stereocenters. The maximum Gasteiger partial charge on any atom is 0.333 e. The summed E-state index contributed by atoms with van der Waals surface area (Å²) >= 11 is 4.55. The third-order valence-electron chi connectivity index (χ3n) is 3.77. The summed E-state index contributed by atoms with van der Waals surface area (Å²) in [6, 6.07) is 6.17. The van der Waals surface area contributed by atoms with E-state index in [0.717, 1.165) is 4.47 Å². The maximum atomic E-state index is 12.2. The van der Waals surface area contributed by atoms with Crippen molar-refractivity contribution in [2.45, 2.75) is 6.04 Å². The number of esters is 1. The molecule has 1 saturated heterocycles. The van der Waals surface area contributed by atoms with E-state index < -0.39 is 12.0 Å². The average Bonchev–Trinajstić information content (AvgIpc) is 2.67. The van der Waals surface area contributed by atoms with Gasteiger partial charge in [0.1, 0.15) is 0 Å². The topological polar surface area (TPSA) is 84.9 Å². The van der Waals surface area contributed by atoms with Crippen molar-refractivity contribution in [1.29, 1.82) is 0 Å². The van der Waals surface area contributed by atoms with Gasteiger partial charge in [0, 0.05) is 17.6 Å². The Bertz CT molecular complexity index is 635. The molecule has 1 aromatic carbocycles. The van der Waals surface area contributed by atoms with E-state index in [1.54, 1.807) is 29.2 Å². The number of nitrogens with one attached hydrogen (secondary N) is 1. The van der Waals surface area contributed by atoms with Crippen molar-refractivity contribution in [3.63, 3.8) is 0 Å². The zero-order valence-electron chi connectivity index (χ0n) is 14.4. The summed E-state index contributed by atoms with van der Waals surface area (Å²) in [7, 11) is 1.27. The minimum atomic E-state index is -0.879. The van der Waals surface area contributed by atoms with E-state index >= 15 is 0 Å². The van der Waals surface area contributed by atoms with Gasteiger partial charge in [-0.2, -0.15) is 0 Å². The highest BCUT2D eigenvalue weighted by Gasteiger charge is 2.24. The standard InChI is InChI=1S/C17H21BrN2O5S/c1-24-17(23)16(12-2-4-13(18)5-3-12)19-14(21)10-26-11-15(22)20-6-8-25-9-7-20/h2-5,16H,6-11H2,1H3,(H,19,21). The van der Waals surface area contributed by atoms with E-state index in [0.29, 0.717) is 31.9 Å². The number of halogens is 1. The number of nitrogens with zero attached hydrogens (tertiary/aromatic N) is 1. The molecule has 26 heavy (non-hydrogen) atoms. The summed E-state index contributed by atoms with van der Waals surface area (Å²) in [6.07, 6.45) is 0. The molecule has 0 aliphatic carbocycles. The van der Waals surface area contributed by atoms with Crippen LogP contribution in [-0.4, -0.2) is 67.6 Å². The number of amides is 2. The molecule has 0 bridgehead atoms. The van der Waals surface area contributed by atoms with Crippen LogP contribution in [0.4, 0.5) is 0 Å². The van der Waals surface area contributed by atoms with Crippen LogP contribution in [-0.2, 0) is 23.9 Å². The average molecular weight is 445 g/mol. The van der Waals surface area contributed by atoms with Crippen LogP contribution in [0.2, 0.25) is 0 Å². The first-order valence-corrected chi connectivity index (χ1v) is 10.0. The molecule has 2 amide bonds. The van der Waals surface area contributed by atoms with Gasteiger partial charge < -0.3 is 19.7 Å². The van der Waals surface area contributed by atoms with Crippen LogP contribution < -0.4 is 5.32 Å². The second-order valence-corrected chi connectivity index (χ2v) is 7.46. The van der Waals surface area contributed by atoms with Gasteiger partial charge >= 0.3 is 5.97 Å². The summed E-state index contributed by atoms with van der Waals surface area (Å²) in [5.41, 5.74) is 0.628. The van der Waals surface area contributed by atoms with Crippen molar-refractivity contribution in [2.75, 3.05) is 44.9 Å². The molecule has 1 N–H and O–H groups in total. The lowest BCUT2D eigenvalue weighted by Gasteiger charge is -2.26. The second kappa shape index (κ2) is 10.5. The number of hydrogen-bond donors (Lipinski definition) is 1. The number of rotatable bonds is 7. The quantitative estimate of drug-likeness (QED) is 0.639. The van der Waals surface area contributed by atoms with Crippen LogP contribution in [0.25, 0.3) is 0 Å². The van der Waals surface area contributed by atoms with Gasteiger partial charge in [-0.3, -0.25) is 9.59 Å². The fourth-order valence-electron chi connectivity index (χ4n) is 2.39. The molecular weight excluding hydrogens is 424 g/mol. The van der Waals surface area contributed by atoms with Gasteiger partial charge in [0.25, 0.3) is 0 Å². The van der Waals surface area contributed by atoms with Crippen molar-refractivity contribution >= 4 is 45.5 Å². The third-order valence-corrected chi connectivity index (χ3v) is 5.21. The molecule has 1 fully saturated rings. The van der Waals surface area contributed by atoms with Gasteiger partial charge in [-0.05, 0) is 17.7 Å². The molecule has 0 saturated carbocycles. The summed E-state index contributed by atoms with van der Waals surface area (Å²) in [6.45, 7) is 2.26. The first-order chi connectivity index (χ1) is 12.5. The lowest BCUT2D eigenvalue weighted by molar-refractivity contribution is -0.145. The normalized spacial score (nSPS) is 15.2. The number of benzene rings is 1. The molecule has 1 aromatic rings.